The Bertz CT molecular complexity index is 500. The fourth-order valence-corrected chi connectivity index (χ4v) is 4.04. The third kappa shape index (κ3) is 7.43. The van der Waals surface area contributed by atoms with Crippen LogP contribution in [0.3, 0.4) is 0 Å². The maximum atomic E-state index is 11.9. The molecule has 3 nitrogen and oxygen atoms in total. The molecule has 5 heteroatoms. The molecule has 1 aromatic carbocycles. The largest absolute Gasteiger partial charge is 0.316 e. The molecule has 0 aliphatic heterocycles. The van der Waals surface area contributed by atoms with Gasteiger partial charge in [0.05, 0.1) is 5.75 Å². The van der Waals surface area contributed by atoms with Crippen molar-refractivity contribution in [3.63, 3.8) is 0 Å². The van der Waals surface area contributed by atoms with Gasteiger partial charge in [-0.3, -0.25) is 0 Å². The Morgan fingerprint density at radius 3 is 2.33 bits per heavy atom. The van der Waals surface area contributed by atoms with Gasteiger partial charge in [-0.15, -0.1) is 0 Å². The molecule has 0 amide bonds. The molecule has 0 aliphatic rings. The van der Waals surface area contributed by atoms with Gasteiger partial charge in [0.25, 0.3) is 0 Å². The smallest absolute Gasteiger partial charge is 0.150 e. The summed E-state index contributed by atoms with van der Waals surface area (Å²) in [4.78, 5) is 0. The number of sulfone groups is 1. The molecule has 1 rings (SSSR count). The van der Waals surface area contributed by atoms with E-state index in [0.29, 0.717) is 18.6 Å². The van der Waals surface area contributed by atoms with E-state index in [2.05, 4.69) is 40.3 Å². The van der Waals surface area contributed by atoms with Crippen LogP contribution in [0.4, 0.5) is 0 Å². The second-order valence-corrected chi connectivity index (χ2v) is 8.61. The van der Waals surface area contributed by atoms with Crippen LogP contribution >= 0.6 is 15.9 Å². The Labute approximate surface area is 137 Å². The lowest BCUT2D eigenvalue weighted by Gasteiger charge is -2.18. The van der Waals surface area contributed by atoms with Crippen LogP contribution in [0.2, 0.25) is 0 Å². The minimum absolute atomic E-state index is 0.247. The molecule has 0 saturated carbocycles. The minimum Gasteiger partial charge on any atom is -0.316 e. The van der Waals surface area contributed by atoms with Crippen LogP contribution in [-0.4, -0.2) is 33.0 Å². The van der Waals surface area contributed by atoms with Crippen LogP contribution in [0.15, 0.2) is 28.7 Å². The predicted molar refractivity (Wildman–Crippen MR) is 93.6 cm³/mol. The first-order valence-electron chi connectivity index (χ1n) is 7.65. The molecule has 1 aromatic rings. The van der Waals surface area contributed by atoms with E-state index in [-0.39, 0.29) is 11.7 Å². The second-order valence-electron chi connectivity index (χ2n) is 5.39. The van der Waals surface area contributed by atoms with Crippen molar-refractivity contribution in [1.82, 2.24) is 5.32 Å². The standard InChI is InChI=1S/C16H26BrNO2S/c1-3-10-18-13-15(9-12-21(19,20)11-4-2)14-5-7-16(17)8-6-14/h5-8,15,18H,3-4,9-13H2,1-2H3. The van der Waals surface area contributed by atoms with Gasteiger partial charge in [-0.05, 0) is 49.4 Å². The summed E-state index contributed by atoms with van der Waals surface area (Å²) < 4.78 is 24.9. The number of halogens is 1. The van der Waals surface area contributed by atoms with Crippen LogP contribution in [0.25, 0.3) is 0 Å². The molecule has 0 aliphatic carbocycles. The minimum atomic E-state index is -2.91. The van der Waals surface area contributed by atoms with Crippen molar-refractivity contribution in [1.29, 1.82) is 0 Å². The number of hydrogen-bond acceptors (Lipinski definition) is 3. The molecular weight excluding hydrogens is 350 g/mol. The number of benzene rings is 1. The van der Waals surface area contributed by atoms with Gasteiger partial charge >= 0.3 is 0 Å². The first kappa shape index (κ1) is 18.7. The van der Waals surface area contributed by atoms with Crippen molar-refractivity contribution in [2.24, 2.45) is 0 Å². The molecular formula is C16H26BrNO2S. The Balaban J connectivity index is 2.70. The average molecular weight is 376 g/mol. The summed E-state index contributed by atoms with van der Waals surface area (Å²) in [6.07, 6.45) is 2.46. The lowest BCUT2D eigenvalue weighted by molar-refractivity contribution is 0.554. The Kier molecular flexibility index (Phi) is 8.52. The van der Waals surface area contributed by atoms with E-state index in [9.17, 15) is 8.42 Å². The SMILES string of the molecule is CCCNCC(CCS(=O)(=O)CCC)c1ccc(Br)cc1. The Hall–Kier alpha value is -0.390. The van der Waals surface area contributed by atoms with Crippen LogP contribution in [-0.2, 0) is 9.84 Å². The van der Waals surface area contributed by atoms with Gasteiger partial charge < -0.3 is 5.32 Å². The zero-order chi connectivity index (χ0) is 15.7. The van der Waals surface area contributed by atoms with E-state index in [1.807, 2.05) is 19.1 Å². The molecule has 21 heavy (non-hydrogen) atoms. The monoisotopic (exact) mass is 375 g/mol. The van der Waals surface area contributed by atoms with Gasteiger partial charge in [0.15, 0.2) is 0 Å². The summed E-state index contributed by atoms with van der Waals surface area (Å²) in [5, 5.41) is 3.41. The van der Waals surface area contributed by atoms with Gasteiger partial charge in [-0.2, -0.15) is 0 Å². The number of rotatable bonds is 10. The van der Waals surface area contributed by atoms with E-state index in [0.717, 1.165) is 24.0 Å². The highest BCUT2D eigenvalue weighted by Gasteiger charge is 2.16. The highest BCUT2D eigenvalue weighted by molar-refractivity contribution is 9.10. The van der Waals surface area contributed by atoms with Crippen LogP contribution in [0.5, 0.6) is 0 Å². The maximum absolute atomic E-state index is 11.9. The van der Waals surface area contributed by atoms with Crippen LogP contribution in [0.1, 0.15) is 44.6 Å². The summed E-state index contributed by atoms with van der Waals surface area (Å²) in [7, 11) is -2.91. The zero-order valence-electron chi connectivity index (χ0n) is 12.9. The molecule has 0 radical (unpaired) electrons. The second kappa shape index (κ2) is 9.59. The van der Waals surface area contributed by atoms with Crippen molar-refractivity contribution < 1.29 is 8.42 Å². The molecule has 1 N–H and O–H groups in total. The molecule has 0 aromatic heterocycles. The Morgan fingerprint density at radius 1 is 1.10 bits per heavy atom. The third-order valence-electron chi connectivity index (χ3n) is 3.45. The van der Waals surface area contributed by atoms with Gasteiger partial charge in [0.2, 0.25) is 0 Å². The topological polar surface area (TPSA) is 46.2 Å². The molecule has 0 spiro atoms. The van der Waals surface area contributed by atoms with Crippen LogP contribution in [0, 0.1) is 0 Å². The molecule has 1 atom stereocenters. The summed E-state index contributed by atoms with van der Waals surface area (Å²) in [6, 6.07) is 8.19. The highest BCUT2D eigenvalue weighted by Crippen LogP contribution is 2.22. The normalized spacial score (nSPS) is 13.3. The van der Waals surface area contributed by atoms with Crippen molar-refractivity contribution in [3.05, 3.63) is 34.3 Å². The summed E-state index contributed by atoms with van der Waals surface area (Å²) >= 11 is 3.44. The van der Waals surface area contributed by atoms with Gasteiger partial charge in [-0.25, -0.2) is 8.42 Å². The average Bonchev–Trinajstić information content (AvgIpc) is 2.44. The highest BCUT2D eigenvalue weighted by atomic mass is 79.9. The van der Waals surface area contributed by atoms with Gasteiger partial charge in [-0.1, -0.05) is 41.9 Å². The van der Waals surface area contributed by atoms with Crippen molar-refractivity contribution in [2.45, 2.75) is 39.0 Å². The lowest BCUT2D eigenvalue weighted by Crippen LogP contribution is -2.24. The van der Waals surface area contributed by atoms with Crippen molar-refractivity contribution in [3.8, 4) is 0 Å². The van der Waals surface area contributed by atoms with E-state index in [1.165, 1.54) is 5.56 Å². The predicted octanol–water partition coefficient (Wildman–Crippen LogP) is 3.75. The van der Waals surface area contributed by atoms with Gasteiger partial charge in [0.1, 0.15) is 9.84 Å². The fourth-order valence-electron chi connectivity index (χ4n) is 2.31. The van der Waals surface area contributed by atoms with Crippen LogP contribution < -0.4 is 5.32 Å². The summed E-state index contributed by atoms with van der Waals surface area (Å²) in [6.45, 7) is 5.84. The number of nitrogens with one attached hydrogen (secondary N) is 1. The van der Waals surface area contributed by atoms with E-state index >= 15 is 0 Å². The van der Waals surface area contributed by atoms with Gasteiger partial charge in [0, 0.05) is 16.8 Å². The molecule has 120 valence electrons. The van der Waals surface area contributed by atoms with E-state index in [4.69, 9.17) is 0 Å². The molecule has 0 heterocycles. The zero-order valence-corrected chi connectivity index (χ0v) is 15.3. The van der Waals surface area contributed by atoms with E-state index in [1.54, 1.807) is 0 Å². The fraction of sp³-hybridized carbons (Fsp3) is 0.625. The molecule has 0 fully saturated rings. The lowest BCUT2D eigenvalue weighted by atomic mass is 9.96. The van der Waals surface area contributed by atoms with Crippen molar-refractivity contribution >= 4 is 25.8 Å². The molecule has 1 unspecified atom stereocenters. The molecule has 0 saturated heterocycles. The quantitative estimate of drug-likeness (QED) is 0.633. The number of hydrogen-bond donors (Lipinski definition) is 1. The van der Waals surface area contributed by atoms with Crippen molar-refractivity contribution in [2.75, 3.05) is 24.6 Å². The third-order valence-corrected chi connectivity index (χ3v) is 5.87. The first-order chi connectivity index (χ1) is 9.98. The van der Waals surface area contributed by atoms with E-state index < -0.39 is 9.84 Å². The summed E-state index contributed by atoms with van der Waals surface area (Å²) in [5.41, 5.74) is 1.20. The Morgan fingerprint density at radius 2 is 1.76 bits per heavy atom. The molecule has 0 bridgehead atoms. The maximum Gasteiger partial charge on any atom is 0.150 e. The summed E-state index contributed by atoms with van der Waals surface area (Å²) in [5.74, 6) is 0.814. The first-order valence-corrected chi connectivity index (χ1v) is 10.3.